The van der Waals surface area contributed by atoms with Gasteiger partial charge in [0, 0.05) is 36.9 Å². The average molecular weight is 386 g/mol. The SMILES string of the molecule is C[C@H]1CN(c2ccc3cc(-c4cccc(OC(F)F)c4)oc(=O)c3c2)CCN1. The number of hydrogen-bond donors (Lipinski definition) is 1. The second kappa shape index (κ2) is 7.59. The summed E-state index contributed by atoms with van der Waals surface area (Å²) in [6, 6.07) is 13.9. The fourth-order valence-electron chi connectivity index (χ4n) is 3.50. The molecule has 0 bridgehead atoms. The summed E-state index contributed by atoms with van der Waals surface area (Å²) in [6.07, 6.45) is 0. The fraction of sp³-hybridized carbons (Fsp3) is 0.286. The molecule has 3 aromatic rings. The number of benzene rings is 2. The molecule has 146 valence electrons. The van der Waals surface area contributed by atoms with Crippen molar-refractivity contribution in [2.75, 3.05) is 24.5 Å². The molecule has 1 fully saturated rings. The lowest BCUT2D eigenvalue weighted by atomic mass is 10.1. The molecule has 0 radical (unpaired) electrons. The third kappa shape index (κ3) is 3.84. The number of piperazine rings is 1. The minimum atomic E-state index is -2.91. The molecular formula is C21H20F2N2O3. The summed E-state index contributed by atoms with van der Waals surface area (Å²) in [5.74, 6) is 0.319. The molecule has 1 saturated heterocycles. The maximum absolute atomic E-state index is 12.6. The Labute approximate surface area is 160 Å². The van der Waals surface area contributed by atoms with Crippen molar-refractivity contribution in [2.24, 2.45) is 0 Å². The Kier molecular flexibility index (Phi) is 5.00. The van der Waals surface area contributed by atoms with Gasteiger partial charge in [-0.25, -0.2) is 4.79 Å². The van der Waals surface area contributed by atoms with E-state index >= 15 is 0 Å². The van der Waals surface area contributed by atoms with Crippen molar-refractivity contribution in [3.63, 3.8) is 0 Å². The molecule has 0 saturated carbocycles. The Hall–Kier alpha value is -2.93. The number of alkyl halides is 2. The first kappa shape index (κ1) is 18.4. The monoisotopic (exact) mass is 386 g/mol. The fourth-order valence-corrected chi connectivity index (χ4v) is 3.50. The van der Waals surface area contributed by atoms with Crippen LogP contribution in [0, 0.1) is 0 Å². The van der Waals surface area contributed by atoms with Crippen molar-refractivity contribution in [3.05, 3.63) is 59.0 Å². The Morgan fingerprint density at radius 3 is 2.86 bits per heavy atom. The maximum Gasteiger partial charge on any atom is 0.387 e. The van der Waals surface area contributed by atoms with Crippen molar-refractivity contribution in [2.45, 2.75) is 19.6 Å². The van der Waals surface area contributed by atoms with Crippen molar-refractivity contribution in [1.82, 2.24) is 5.32 Å². The molecule has 4 rings (SSSR count). The van der Waals surface area contributed by atoms with Crippen LogP contribution >= 0.6 is 0 Å². The summed E-state index contributed by atoms with van der Waals surface area (Å²) < 4.78 is 34.8. The first-order valence-corrected chi connectivity index (χ1v) is 9.11. The highest BCUT2D eigenvalue weighted by Crippen LogP contribution is 2.28. The number of fused-ring (bicyclic) bond motifs is 1. The van der Waals surface area contributed by atoms with Gasteiger partial charge in [0.05, 0.1) is 5.39 Å². The Bertz CT molecular complexity index is 1050. The highest BCUT2D eigenvalue weighted by Gasteiger charge is 2.17. The van der Waals surface area contributed by atoms with Gasteiger partial charge < -0.3 is 19.4 Å². The van der Waals surface area contributed by atoms with Crippen LogP contribution in [0.1, 0.15) is 6.92 Å². The number of halogens is 2. The van der Waals surface area contributed by atoms with Gasteiger partial charge in [-0.15, -0.1) is 0 Å². The predicted octanol–water partition coefficient (Wildman–Crippen LogP) is 3.86. The zero-order valence-electron chi connectivity index (χ0n) is 15.3. The number of rotatable bonds is 4. The Morgan fingerprint density at radius 1 is 1.21 bits per heavy atom. The molecule has 7 heteroatoms. The number of hydrogen-bond acceptors (Lipinski definition) is 5. The van der Waals surface area contributed by atoms with Crippen LogP contribution in [0.4, 0.5) is 14.5 Å². The lowest BCUT2D eigenvalue weighted by molar-refractivity contribution is -0.0498. The first-order chi connectivity index (χ1) is 13.5. The van der Waals surface area contributed by atoms with Crippen LogP contribution in [-0.2, 0) is 0 Å². The highest BCUT2D eigenvalue weighted by atomic mass is 19.3. The number of nitrogens with zero attached hydrogens (tertiary/aromatic N) is 1. The van der Waals surface area contributed by atoms with Crippen molar-refractivity contribution < 1.29 is 17.9 Å². The Balaban J connectivity index is 1.69. The molecule has 0 unspecified atom stereocenters. The third-order valence-electron chi connectivity index (χ3n) is 4.82. The van der Waals surface area contributed by atoms with Gasteiger partial charge in [0.1, 0.15) is 11.5 Å². The molecule has 5 nitrogen and oxygen atoms in total. The average Bonchev–Trinajstić information content (AvgIpc) is 2.67. The van der Waals surface area contributed by atoms with Crippen molar-refractivity contribution in [1.29, 1.82) is 0 Å². The van der Waals surface area contributed by atoms with Crippen LogP contribution in [-0.4, -0.2) is 32.3 Å². The molecule has 0 aliphatic carbocycles. The largest absolute Gasteiger partial charge is 0.435 e. The van der Waals surface area contributed by atoms with E-state index in [4.69, 9.17) is 4.42 Å². The van der Waals surface area contributed by atoms with E-state index in [-0.39, 0.29) is 5.75 Å². The summed E-state index contributed by atoms with van der Waals surface area (Å²) in [4.78, 5) is 14.8. The zero-order chi connectivity index (χ0) is 19.7. The first-order valence-electron chi connectivity index (χ1n) is 9.11. The van der Waals surface area contributed by atoms with Crippen LogP contribution in [0.2, 0.25) is 0 Å². The van der Waals surface area contributed by atoms with Gasteiger partial charge in [-0.05, 0) is 42.6 Å². The van der Waals surface area contributed by atoms with E-state index < -0.39 is 12.2 Å². The molecule has 2 heterocycles. The molecule has 1 aliphatic rings. The molecule has 2 aromatic carbocycles. The van der Waals surface area contributed by atoms with Gasteiger partial charge in [-0.1, -0.05) is 18.2 Å². The summed E-state index contributed by atoms with van der Waals surface area (Å²) in [5.41, 5.74) is 1.02. The molecule has 0 amide bonds. The van der Waals surface area contributed by atoms with Gasteiger partial charge in [0.2, 0.25) is 0 Å². The van der Waals surface area contributed by atoms with Crippen LogP contribution in [0.5, 0.6) is 5.75 Å². The van der Waals surface area contributed by atoms with Crippen LogP contribution < -0.4 is 20.6 Å². The van der Waals surface area contributed by atoms with Gasteiger partial charge >= 0.3 is 12.2 Å². The molecule has 1 aromatic heterocycles. The quantitative estimate of drug-likeness (QED) is 0.738. The van der Waals surface area contributed by atoms with Crippen LogP contribution in [0.15, 0.2) is 57.7 Å². The Morgan fingerprint density at radius 2 is 2.07 bits per heavy atom. The number of ether oxygens (including phenoxy) is 1. The van der Waals surface area contributed by atoms with Crippen LogP contribution in [0.3, 0.4) is 0 Å². The van der Waals surface area contributed by atoms with Gasteiger partial charge in [-0.3, -0.25) is 0 Å². The smallest absolute Gasteiger partial charge is 0.387 e. The van der Waals surface area contributed by atoms with Gasteiger partial charge in [0.25, 0.3) is 0 Å². The highest BCUT2D eigenvalue weighted by molar-refractivity contribution is 5.87. The molecule has 1 N–H and O–H groups in total. The summed E-state index contributed by atoms with van der Waals surface area (Å²) in [5, 5.41) is 4.62. The van der Waals surface area contributed by atoms with Gasteiger partial charge in [0.15, 0.2) is 0 Å². The molecular weight excluding hydrogens is 366 g/mol. The second-order valence-corrected chi connectivity index (χ2v) is 6.88. The standard InChI is InChI=1S/C21H20F2N2O3/c1-13-12-25(8-7-24-13)16-6-5-14-10-19(28-20(26)18(14)11-16)15-3-2-4-17(9-15)27-21(22)23/h2-6,9-11,13,21,24H,7-8,12H2,1H3/t13-/m0/s1. The normalized spacial score (nSPS) is 17.3. The minimum absolute atomic E-state index is 0.0124. The minimum Gasteiger partial charge on any atom is -0.435 e. The lowest BCUT2D eigenvalue weighted by Crippen LogP contribution is -2.49. The molecule has 0 spiro atoms. The van der Waals surface area contributed by atoms with E-state index in [0.29, 0.717) is 22.8 Å². The van der Waals surface area contributed by atoms with E-state index in [9.17, 15) is 13.6 Å². The summed E-state index contributed by atoms with van der Waals surface area (Å²) in [7, 11) is 0. The van der Waals surface area contributed by atoms with E-state index in [2.05, 4.69) is 21.9 Å². The topological polar surface area (TPSA) is 54.7 Å². The zero-order valence-corrected chi connectivity index (χ0v) is 15.3. The lowest BCUT2D eigenvalue weighted by Gasteiger charge is -2.33. The summed E-state index contributed by atoms with van der Waals surface area (Å²) >= 11 is 0. The van der Waals surface area contributed by atoms with E-state index in [1.54, 1.807) is 18.2 Å². The second-order valence-electron chi connectivity index (χ2n) is 6.88. The van der Waals surface area contributed by atoms with Gasteiger partial charge in [-0.2, -0.15) is 8.78 Å². The van der Waals surface area contributed by atoms with Crippen molar-refractivity contribution >= 4 is 16.5 Å². The van der Waals surface area contributed by atoms with E-state index in [0.717, 1.165) is 30.7 Å². The molecule has 28 heavy (non-hydrogen) atoms. The molecule has 1 aliphatic heterocycles. The predicted molar refractivity (Wildman–Crippen MR) is 104 cm³/mol. The summed E-state index contributed by atoms with van der Waals surface area (Å²) in [6.45, 7) is 1.84. The third-order valence-corrected chi connectivity index (χ3v) is 4.82. The van der Waals surface area contributed by atoms with Crippen LogP contribution in [0.25, 0.3) is 22.1 Å². The van der Waals surface area contributed by atoms with E-state index in [1.807, 2.05) is 18.2 Å². The molecule has 1 atom stereocenters. The number of anilines is 1. The van der Waals surface area contributed by atoms with E-state index in [1.165, 1.54) is 12.1 Å². The number of nitrogens with one attached hydrogen (secondary N) is 1. The van der Waals surface area contributed by atoms with Crippen molar-refractivity contribution in [3.8, 4) is 17.1 Å². The maximum atomic E-state index is 12.6.